The minimum absolute atomic E-state index is 0. The van der Waals surface area contributed by atoms with Crippen LogP contribution in [0.3, 0.4) is 0 Å². The van der Waals surface area contributed by atoms with Gasteiger partial charge < -0.3 is 15.2 Å². The molecule has 0 saturated heterocycles. The van der Waals surface area contributed by atoms with E-state index in [-0.39, 0.29) is 35.4 Å². The van der Waals surface area contributed by atoms with Gasteiger partial charge in [0.1, 0.15) is 5.60 Å². The second-order valence-corrected chi connectivity index (χ2v) is 6.23. The van der Waals surface area contributed by atoms with Crippen LogP contribution in [0.2, 0.25) is 0 Å². The van der Waals surface area contributed by atoms with Gasteiger partial charge in [0.2, 0.25) is 0 Å². The standard InChI is InChI=1S/C14H25NO4.Fe/c1-14(2,3)19-13(18)15-11-7-5-4-6-10(11)8-9-12(16)17;/h10-11H,4-9H2,1-3H3,(H,15,18)(H,16,17);. The summed E-state index contributed by atoms with van der Waals surface area (Å²) in [5, 5.41) is 11.6. The number of ether oxygens (including phenoxy) is 1. The molecule has 0 aromatic rings. The van der Waals surface area contributed by atoms with Crippen molar-refractivity contribution in [2.75, 3.05) is 0 Å². The molecule has 1 aliphatic rings. The van der Waals surface area contributed by atoms with Crippen molar-refractivity contribution in [1.82, 2.24) is 5.32 Å². The maximum absolute atomic E-state index is 11.8. The molecular formula is C14H25FeNO4. The average molecular weight is 327 g/mol. The van der Waals surface area contributed by atoms with E-state index in [9.17, 15) is 9.59 Å². The molecule has 20 heavy (non-hydrogen) atoms. The van der Waals surface area contributed by atoms with Gasteiger partial charge in [-0.15, -0.1) is 0 Å². The molecule has 0 aromatic heterocycles. The third-order valence-electron chi connectivity index (χ3n) is 3.34. The van der Waals surface area contributed by atoms with E-state index < -0.39 is 17.7 Å². The molecule has 1 rings (SSSR count). The van der Waals surface area contributed by atoms with Gasteiger partial charge in [0.15, 0.2) is 0 Å². The molecule has 0 aliphatic heterocycles. The largest absolute Gasteiger partial charge is 0.481 e. The summed E-state index contributed by atoms with van der Waals surface area (Å²) >= 11 is 0. The van der Waals surface area contributed by atoms with Crippen molar-refractivity contribution >= 4 is 12.1 Å². The SMILES string of the molecule is CC(C)(C)OC(=O)NC1CCCCC1CCC(=O)O.[Fe]. The number of carbonyl (C=O) groups is 2. The van der Waals surface area contributed by atoms with Crippen LogP contribution in [0.5, 0.6) is 0 Å². The predicted molar refractivity (Wildman–Crippen MR) is 72.0 cm³/mol. The van der Waals surface area contributed by atoms with Gasteiger partial charge in [-0.3, -0.25) is 4.79 Å². The maximum atomic E-state index is 11.8. The fourth-order valence-electron chi connectivity index (χ4n) is 2.51. The Labute approximate surface area is 131 Å². The summed E-state index contributed by atoms with van der Waals surface area (Å²) in [5.41, 5.74) is -0.505. The van der Waals surface area contributed by atoms with Gasteiger partial charge >= 0.3 is 12.1 Å². The summed E-state index contributed by atoms with van der Waals surface area (Å²) < 4.78 is 5.25. The second kappa shape index (κ2) is 8.53. The number of amides is 1. The topological polar surface area (TPSA) is 75.6 Å². The first-order chi connectivity index (χ1) is 8.78. The third-order valence-corrected chi connectivity index (χ3v) is 3.34. The van der Waals surface area contributed by atoms with Crippen LogP contribution in [0.15, 0.2) is 0 Å². The number of hydrogen-bond donors (Lipinski definition) is 2. The Bertz CT molecular complexity index is 328. The Balaban J connectivity index is 0.00000361. The second-order valence-electron chi connectivity index (χ2n) is 6.23. The van der Waals surface area contributed by atoms with Crippen molar-refractivity contribution in [3.8, 4) is 0 Å². The normalized spacial score (nSPS) is 22.6. The van der Waals surface area contributed by atoms with Crippen molar-refractivity contribution in [2.45, 2.75) is 70.9 Å². The molecule has 1 aliphatic carbocycles. The summed E-state index contributed by atoms with van der Waals surface area (Å²) in [4.78, 5) is 22.4. The summed E-state index contributed by atoms with van der Waals surface area (Å²) in [5.74, 6) is -0.529. The molecule has 1 saturated carbocycles. The van der Waals surface area contributed by atoms with Gasteiger partial charge in [-0.2, -0.15) is 0 Å². The molecule has 6 heteroatoms. The Morgan fingerprint density at radius 2 is 1.85 bits per heavy atom. The van der Waals surface area contributed by atoms with Crippen molar-refractivity contribution in [1.29, 1.82) is 0 Å². The van der Waals surface area contributed by atoms with E-state index in [4.69, 9.17) is 9.84 Å². The molecule has 1 amide bonds. The van der Waals surface area contributed by atoms with Crippen LogP contribution in [0, 0.1) is 5.92 Å². The molecule has 2 N–H and O–H groups in total. The van der Waals surface area contributed by atoms with E-state index in [0.29, 0.717) is 6.42 Å². The molecule has 0 bridgehead atoms. The van der Waals surface area contributed by atoms with E-state index in [0.717, 1.165) is 25.7 Å². The van der Waals surface area contributed by atoms with Crippen molar-refractivity contribution in [2.24, 2.45) is 5.92 Å². The molecule has 1 fully saturated rings. The van der Waals surface area contributed by atoms with E-state index >= 15 is 0 Å². The van der Waals surface area contributed by atoms with Crippen molar-refractivity contribution < 1.29 is 36.5 Å². The molecule has 0 radical (unpaired) electrons. The summed E-state index contributed by atoms with van der Waals surface area (Å²) in [6.07, 6.45) is 4.45. The zero-order chi connectivity index (χ0) is 14.5. The van der Waals surface area contributed by atoms with Crippen LogP contribution in [0.4, 0.5) is 4.79 Å². The quantitative estimate of drug-likeness (QED) is 0.779. The van der Waals surface area contributed by atoms with Gasteiger partial charge in [-0.25, -0.2) is 4.79 Å². The minimum Gasteiger partial charge on any atom is -0.481 e. The fraction of sp³-hybridized carbons (Fsp3) is 0.857. The first-order valence-electron chi connectivity index (χ1n) is 6.99. The number of carboxylic acids is 1. The predicted octanol–water partition coefficient (Wildman–Crippen LogP) is 2.93. The van der Waals surface area contributed by atoms with Gasteiger partial charge in [-0.1, -0.05) is 12.8 Å². The number of carbonyl (C=O) groups excluding carboxylic acids is 1. The zero-order valence-electron chi connectivity index (χ0n) is 12.4. The monoisotopic (exact) mass is 327 g/mol. The van der Waals surface area contributed by atoms with E-state index in [1.54, 1.807) is 0 Å². The Morgan fingerprint density at radius 1 is 1.25 bits per heavy atom. The summed E-state index contributed by atoms with van der Waals surface area (Å²) in [6.45, 7) is 5.49. The molecule has 5 nitrogen and oxygen atoms in total. The number of alkyl carbamates (subject to hydrolysis) is 1. The average Bonchev–Trinajstić information content (AvgIpc) is 2.25. The van der Waals surface area contributed by atoms with Gasteiger partial charge in [0.25, 0.3) is 0 Å². The molecular weight excluding hydrogens is 302 g/mol. The number of aliphatic carboxylic acids is 1. The number of hydrogen-bond acceptors (Lipinski definition) is 3. The number of nitrogens with one attached hydrogen (secondary N) is 1. The van der Waals surface area contributed by atoms with E-state index in [2.05, 4.69) is 5.32 Å². The Hall–Kier alpha value is -0.741. The molecule has 0 spiro atoms. The van der Waals surface area contributed by atoms with Crippen LogP contribution >= 0.6 is 0 Å². The van der Waals surface area contributed by atoms with Crippen LogP contribution in [0.25, 0.3) is 0 Å². The molecule has 2 atom stereocenters. The Morgan fingerprint density at radius 3 is 2.40 bits per heavy atom. The van der Waals surface area contributed by atoms with Gasteiger partial charge in [0.05, 0.1) is 0 Å². The summed E-state index contributed by atoms with van der Waals surface area (Å²) in [6, 6.07) is 0.0444. The maximum Gasteiger partial charge on any atom is 0.407 e. The fourth-order valence-corrected chi connectivity index (χ4v) is 2.51. The first kappa shape index (κ1) is 19.3. The molecule has 2 unspecified atom stereocenters. The van der Waals surface area contributed by atoms with Gasteiger partial charge in [0, 0.05) is 29.5 Å². The molecule has 118 valence electrons. The molecule has 0 heterocycles. The van der Waals surface area contributed by atoms with Crippen LogP contribution in [0.1, 0.15) is 59.3 Å². The van der Waals surface area contributed by atoms with Crippen LogP contribution < -0.4 is 5.32 Å². The summed E-state index contributed by atoms with van der Waals surface area (Å²) in [7, 11) is 0. The van der Waals surface area contributed by atoms with Crippen LogP contribution in [-0.4, -0.2) is 28.8 Å². The zero-order valence-corrected chi connectivity index (χ0v) is 13.5. The van der Waals surface area contributed by atoms with Gasteiger partial charge in [-0.05, 0) is 46.0 Å². The van der Waals surface area contributed by atoms with E-state index in [1.807, 2.05) is 20.8 Å². The molecule has 0 aromatic carbocycles. The van der Waals surface area contributed by atoms with Crippen molar-refractivity contribution in [3.63, 3.8) is 0 Å². The Kier molecular flexibility index (Phi) is 8.21. The minimum atomic E-state index is -0.776. The van der Waals surface area contributed by atoms with E-state index in [1.165, 1.54) is 0 Å². The third kappa shape index (κ3) is 7.75. The first-order valence-corrected chi connectivity index (χ1v) is 6.99. The van der Waals surface area contributed by atoms with Crippen molar-refractivity contribution in [3.05, 3.63) is 0 Å². The smallest absolute Gasteiger partial charge is 0.407 e. The number of rotatable bonds is 4. The van der Waals surface area contributed by atoms with Crippen LogP contribution in [-0.2, 0) is 26.6 Å². The number of carboxylic acid groups (broad SMARTS) is 1.